The number of fused-ring (bicyclic) bond motifs is 1. The fourth-order valence-electron chi connectivity index (χ4n) is 3.67. The molecule has 2 heterocycles. The van der Waals surface area contributed by atoms with Crippen molar-refractivity contribution >= 4 is 5.78 Å². The number of aryl methyl sites for hydroxylation is 1. The summed E-state index contributed by atoms with van der Waals surface area (Å²) in [6, 6.07) is 0. The SMILES string of the molecule is CCc1c(C)[nH]c2c1C(=O)CC(CN1CCOCC1)C2. The van der Waals surface area contributed by atoms with E-state index in [4.69, 9.17) is 4.74 Å². The van der Waals surface area contributed by atoms with Crippen LogP contribution in [0.25, 0.3) is 0 Å². The average molecular weight is 276 g/mol. The molecule has 0 amide bonds. The summed E-state index contributed by atoms with van der Waals surface area (Å²) >= 11 is 0. The fourth-order valence-corrected chi connectivity index (χ4v) is 3.67. The van der Waals surface area contributed by atoms with E-state index in [0.717, 1.165) is 51.3 Å². The van der Waals surface area contributed by atoms with Gasteiger partial charge in [0.05, 0.1) is 13.2 Å². The summed E-state index contributed by atoms with van der Waals surface area (Å²) in [5.41, 5.74) is 4.59. The van der Waals surface area contributed by atoms with Gasteiger partial charge < -0.3 is 9.72 Å². The predicted molar refractivity (Wildman–Crippen MR) is 78.3 cm³/mol. The molecule has 4 heteroatoms. The summed E-state index contributed by atoms with van der Waals surface area (Å²) in [5.74, 6) is 0.793. The number of nitrogens with zero attached hydrogens (tertiary/aromatic N) is 1. The van der Waals surface area contributed by atoms with Crippen molar-refractivity contribution in [2.75, 3.05) is 32.8 Å². The molecular weight excluding hydrogens is 252 g/mol. The van der Waals surface area contributed by atoms with E-state index in [2.05, 4.69) is 23.7 Å². The lowest BCUT2D eigenvalue weighted by Crippen LogP contribution is -2.41. The Hall–Kier alpha value is -1.13. The number of aromatic amines is 1. The summed E-state index contributed by atoms with van der Waals surface area (Å²) < 4.78 is 5.39. The van der Waals surface area contributed by atoms with Gasteiger partial charge in [0.25, 0.3) is 0 Å². The largest absolute Gasteiger partial charge is 0.379 e. The second-order valence-corrected chi connectivity index (χ2v) is 6.05. The lowest BCUT2D eigenvalue weighted by Gasteiger charge is -2.31. The molecule has 1 aromatic heterocycles. The van der Waals surface area contributed by atoms with Crippen molar-refractivity contribution in [3.8, 4) is 0 Å². The number of rotatable bonds is 3. The maximum Gasteiger partial charge on any atom is 0.165 e. The van der Waals surface area contributed by atoms with Gasteiger partial charge in [0.1, 0.15) is 0 Å². The third kappa shape index (κ3) is 2.54. The molecular formula is C16H24N2O2. The smallest absolute Gasteiger partial charge is 0.165 e. The molecule has 20 heavy (non-hydrogen) atoms. The molecule has 0 radical (unpaired) electrons. The number of morpholine rings is 1. The van der Waals surface area contributed by atoms with E-state index in [1.165, 1.54) is 17.0 Å². The first-order valence-corrected chi connectivity index (χ1v) is 7.72. The normalized spacial score (nSPS) is 23.9. The highest BCUT2D eigenvalue weighted by Gasteiger charge is 2.30. The summed E-state index contributed by atoms with van der Waals surface area (Å²) in [4.78, 5) is 18.4. The summed E-state index contributed by atoms with van der Waals surface area (Å²) in [6.45, 7) is 8.89. The van der Waals surface area contributed by atoms with Crippen LogP contribution in [0.3, 0.4) is 0 Å². The van der Waals surface area contributed by atoms with Gasteiger partial charge in [-0.05, 0) is 31.2 Å². The highest BCUT2D eigenvalue weighted by Crippen LogP contribution is 2.30. The maximum absolute atomic E-state index is 12.5. The van der Waals surface area contributed by atoms with Gasteiger partial charge in [-0.3, -0.25) is 9.69 Å². The van der Waals surface area contributed by atoms with E-state index in [0.29, 0.717) is 18.1 Å². The highest BCUT2D eigenvalue weighted by atomic mass is 16.5. The zero-order valence-electron chi connectivity index (χ0n) is 12.5. The minimum absolute atomic E-state index is 0.339. The summed E-state index contributed by atoms with van der Waals surface area (Å²) in [7, 11) is 0. The van der Waals surface area contributed by atoms with Crippen LogP contribution in [0.2, 0.25) is 0 Å². The second kappa shape index (κ2) is 5.70. The molecule has 2 aliphatic rings. The van der Waals surface area contributed by atoms with Crippen molar-refractivity contribution in [1.82, 2.24) is 9.88 Å². The van der Waals surface area contributed by atoms with Crippen LogP contribution in [0, 0.1) is 12.8 Å². The van der Waals surface area contributed by atoms with Gasteiger partial charge in [0.2, 0.25) is 0 Å². The van der Waals surface area contributed by atoms with Gasteiger partial charge in [0.15, 0.2) is 5.78 Å². The average Bonchev–Trinajstić information content (AvgIpc) is 2.75. The molecule has 0 aromatic carbocycles. The fraction of sp³-hybridized carbons (Fsp3) is 0.688. The number of nitrogens with one attached hydrogen (secondary N) is 1. The van der Waals surface area contributed by atoms with Crippen LogP contribution in [0.4, 0.5) is 0 Å². The van der Waals surface area contributed by atoms with E-state index in [1.807, 2.05) is 0 Å². The number of aromatic nitrogens is 1. The highest BCUT2D eigenvalue weighted by molar-refractivity contribution is 6.00. The predicted octanol–water partition coefficient (Wildman–Crippen LogP) is 1.96. The zero-order valence-corrected chi connectivity index (χ0v) is 12.5. The van der Waals surface area contributed by atoms with Gasteiger partial charge in [0, 0.05) is 43.0 Å². The topological polar surface area (TPSA) is 45.3 Å². The molecule has 1 aromatic rings. The van der Waals surface area contributed by atoms with Gasteiger partial charge in [-0.1, -0.05) is 6.92 Å². The van der Waals surface area contributed by atoms with Crippen molar-refractivity contribution in [2.24, 2.45) is 5.92 Å². The standard InChI is InChI=1S/C16H24N2O2/c1-3-13-11(2)17-14-8-12(9-15(19)16(13)14)10-18-4-6-20-7-5-18/h12,17H,3-10H2,1-2H3. The van der Waals surface area contributed by atoms with E-state index < -0.39 is 0 Å². The number of hydrogen-bond donors (Lipinski definition) is 1. The lowest BCUT2D eigenvalue weighted by molar-refractivity contribution is 0.0295. The Labute approximate surface area is 120 Å². The second-order valence-electron chi connectivity index (χ2n) is 6.05. The van der Waals surface area contributed by atoms with E-state index in [1.54, 1.807) is 0 Å². The number of hydrogen-bond acceptors (Lipinski definition) is 3. The Morgan fingerprint density at radius 1 is 1.30 bits per heavy atom. The van der Waals surface area contributed by atoms with Crippen LogP contribution < -0.4 is 0 Å². The molecule has 4 nitrogen and oxygen atoms in total. The molecule has 1 atom stereocenters. The molecule has 0 spiro atoms. The van der Waals surface area contributed by atoms with Crippen LogP contribution in [0.1, 0.15) is 40.7 Å². The van der Waals surface area contributed by atoms with Crippen LogP contribution in [-0.2, 0) is 17.6 Å². The number of ketones is 1. The lowest BCUT2D eigenvalue weighted by atomic mass is 9.84. The Balaban J connectivity index is 1.73. The minimum Gasteiger partial charge on any atom is -0.379 e. The molecule has 3 rings (SSSR count). The Bertz CT molecular complexity index is 501. The van der Waals surface area contributed by atoms with Crippen molar-refractivity contribution in [3.63, 3.8) is 0 Å². The van der Waals surface area contributed by atoms with Gasteiger partial charge in [-0.15, -0.1) is 0 Å². The minimum atomic E-state index is 0.339. The number of carbonyl (C=O) groups is 1. The van der Waals surface area contributed by atoms with Crippen LogP contribution >= 0.6 is 0 Å². The van der Waals surface area contributed by atoms with Crippen LogP contribution in [0.5, 0.6) is 0 Å². The first kappa shape index (κ1) is 13.8. The van der Waals surface area contributed by atoms with Crippen LogP contribution in [-0.4, -0.2) is 48.5 Å². The molecule has 0 bridgehead atoms. The quantitative estimate of drug-likeness (QED) is 0.918. The van der Waals surface area contributed by atoms with Crippen molar-refractivity contribution in [1.29, 1.82) is 0 Å². The molecule has 1 aliphatic heterocycles. The number of H-pyrrole nitrogens is 1. The van der Waals surface area contributed by atoms with Gasteiger partial charge in [-0.2, -0.15) is 0 Å². The van der Waals surface area contributed by atoms with E-state index in [-0.39, 0.29) is 0 Å². The van der Waals surface area contributed by atoms with Gasteiger partial charge >= 0.3 is 0 Å². The monoisotopic (exact) mass is 276 g/mol. The first-order chi connectivity index (χ1) is 9.69. The molecule has 1 N–H and O–H groups in total. The number of ether oxygens (including phenoxy) is 1. The number of carbonyl (C=O) groups excluding carboxylic acids is 1. The molecule has 1 aliphatic carbocycles. The summed E-state index contributed by atoms with van der Waals surface area (Å²) in [5, 5.41) is 0. The molecule has 1 saturated heterocycles. The number of Topliss-reactive ketones (excluding diaryl/α,β-unsaturated/α-hetero) is 1. The third-order valence-corrected chi connectivity index (χ3v) is 4.61. The third-order valence-electron chi connectivity index (χ3n) is 4.61. The van der Waals surface area contributed by atoms with Crippen molar-refractivity contribution in [3.05, 3.63) is 22.5 Å². The molecule has 1 unspecified atom stereocenters. The first-order valence-electron chi connectivity index (χ1n) is 7.72. The van der Waals surface area contributed by atoms with Crippen LogP contribution in [0.15, 0.2) is 0 Å². The summed E-state index contributed by atoms with van der Waals surface area (Å²) in [6.07, 6.45) is 2.66. The zero-order chi connectivity index (χ0) is 14.1. The Morgan fingerprint density at radius 3 is 2.75 bits per heavy atom. The van der Waals surface area contributed by atoms with E-state index in [9.17, 15) is 4.79 Å². The molecule has 110 valence electrons. The van der Waals surface area contributed by atoms with Crippen molar-refractivity contribution < 1.29 is 9.53 Å². The van der Waals surface area contributed by atoms with Crippen molar-refractivity contribution in [2.45, 2.75) is 33.1 Å². The molecule has 1 fully saturated rings. The Kier molecular flexibility index (Phi) is 3.94. The molecule has 0 saturated carbocycles. The van der Waals surface area contributed by atoms with Gasteiger partial charge in [-0.25, -0.2) is 0 Å². The maximum atomic E-state index is 12.5. The van der Waals surface area contributed by atoms with E-state index >= 15 is 0 Å². The Morgan fingerprint density at radius 2 is 2.05 bits per heavy atom.